The van der Waals surface area contributed by atoms with Crippen LogP contribution in [-0.4, -0.2) is 60.1 Å². The maximum Gasteiger partial charge on any atom is 0.192 e. The van der Waals surface area contributed by atoms with Crippen molar-refractivity contribution in [2.75, 3.05) is 20.5 Å². The van der Waals surface area contributed by atoms with Crippen LogP contribution in [-0.2, 0) is 18.3 Å². The van der Waals surface area contributed by atoms with Crippen LogP contribution in [0.3, 0.4) is 0 Å². The van der Waals surface area contributed by atoms with Crippen LogP contribution in [0.15, 0.2) is 23.8 Å². The highest BCUT2D eigenvalue weighted by Gasteiger charge is 2.57. The summed E-state index contributed by atoms with van der Waals surface area (Å²) >= 11 is 0. The van der Waals surface area contributed by atoms with Crippen LogP contribution < -0.4 is 0 Å². The summed E-state index contributed by atoms with van der Waals surface area (Å²) in [5, 5.41) is 13.0. The second-order valence-corrected chi connectivity index (χ2v) is 26.7. The van der Waals surface area contributed by atoms with Crippen LogP contribution in [0.4, 0.5) is 0 Å². The van der Waals surface area contributed by atoms with E-state index in [0.29, 0.717) is 13.0 Å². The third kappa shape index (κ3) is 7.87. The highest BCUT2D eigenvalue weighted by Crippen LogP contribution is 2.54. The summed E-state index contributed by atoms with van der Waals surface area (Å²) in [6.07, 6.45) is 6.35. The number of hydrogen-bond acceptors (Lipinski definition) is 5. The summed E-state index contributed by atoms with van der Waals surface area (Å²) in [6, 6.07) is 0. The molecule has 0 heterocycles. The van der Waals surface area contributed by atoms with E-state index in [2.05, 4.69) is 108 Å². The monoisotopic (exact) mass is 610 g/mol. The summed E-state index contributed by atoms with van der Waals surface area (Å²) < 4.78 is 25.6. The van der Waals surface area contributed by atoms with Gasteiger partial charge in [-0.3, -0.25) is 0 Å². The Morgan fingerprint density at radius 1 is 1.02 bits per heavy atom. The SMILES string of the molecule is C=C1CCC[C@@](C)(C[C@@H](OCOC)[C@]2(O)C(C)=C[C@@H](O[Si](C)(C)C(C)(C)C)CC2(C)C)[C@H]1CO[Si](C)(C)C(C)(C)C. The van der Waals surface area contributed by atoms with Gasteiger partial charge in [0.05, 0.1) is 12.2 Å². The van der Waals surface area contributed by atoms with Gasteiger partial charge < -0.3 is 23.4 Å². The lowest BCUT2D eigenvalue weighted by Gasteiger charge is -2.55. The maximum absolute atomic E-state index is 12.8. The third-order valence-electron chi connectivity index (χ3n) is 11.5. The average Bonchev–Trinajstić information content (AvgIpc) is 2.77. The van der Waals surface area contributed by atoms with Crippen LogP contribution >= 0.6 is 0 Å². The molecule has 2 rings (SSSR count). The van der Waals surface area contributed by atoms with Crippen LogP contribution in [0.25, 0.3) is 0 Å². The number of hydrogen-bond donors (Lipinski definition) is 1. The van der Waals surface area contributed by atoms with Gasteiger partial charge in [0.25, 0.3) is 0 Å². The average molecular weight is 611 g/mol. The number of ether oxygens (including phenoxy) is 2. The molecule has 0 saturated heterocycles. The highest BCUT2D eigenvalue weighted by molar-refractivity contribution is 6.74. The topological polar surface area (TPSA) is 57.2 Å². The molecule has 1 saturated carbocycles. The van der Waals surface area contributed by atoms with Gasteiger partial charge in [-0.1, -0.05) is 80.5 Å². The van der Waals surface area contributed by atoms with E-state index in [0.717, 1.165) is 31.3 Å². The van der Waals surface area contributed by atoms with Gasteiger partial charge in [-0.05, 0) is 86.3 Å². The van der Waals surface area contributed by atoms with Crippen molar-refractivity contribution in [3.63, 3.8) is 0 Å². The molecule has 5 nitrogen and oxygen atoms in total. The molecule has 1 N–H and O–H groups in total. The van der Waals surface area contributed by atoms with Crippen molar-refractivity contribution in [3.8, 4) is 0 Å². The first-order chi connectivity index (χ1) is 18.3. The molecule has 0 aromatic carbocycles. The van der Waals surface area contributed by atoms with Crippen LogP contribution in [0.2, 0.25) is 36.3 Å². The van der Waals surface area contributed by atoms with Gasteiger partial charge in [0.15, 0.2) is 16.6 Å². The minimum atomic E-state index is -1.98. The van der Waals surface area contributed by atoms with Gasteiger partial charge in [0.1, 0.15) is 12.4 Å². The molecular weight excluding hydrogens is 545 g/mol. The van der Waals surface area contributed by atoms with Crippen molar-refractivity contribution in [3.05, 3.63) is 23.8 Å². The number of methoxy groups -OCH3 is 1. The molecule has 0 aliphatic heterocycles. The van der Waals surface area contributed by atoms with Gasteiger partial charge >= 0.3 is 0 Å². The number of rotatable bonds is 11. The summed E-state index contributed by atoms with van der Waals surface area (Å²) in [5.74, 6) is 0.216. The molecule has 41 heavy (non-hydrogen) atoms. The lowest BCUT2D eigenvalue weighted by molar-refractivity contribution is -0.200. The normalized spacial score (nSPS) is 30.7. The maximum atomic E-state index is 12.8. The van der Waals surface area contributed by atoms with Crippen molar-refractivity contribution in [1.82, 2.24) is 0 Å². The first kappa shape index (κ1) is 36.9. The third-order valence-corrected chi connectivity index (χ3v) is 20.5. The van der Waals surface area contributed by atoms with E-state index >= 15 is 0 Å². The zero-order chi connectivity index (χ0) is 31.9. The molecular formula is C34H66O5Si2. The molecule has 0 aromatic rings. The minimum Gasteiger partial charge on any atom is -0.416 e. The Hall–Kier alpha value is -0.286. The van der Waals surface area contributed by atoms with Gasteiger partial charge in [-0.25, -0.2) is 0 Å². The molecule has 0 bridgehead atoms. The summed E-state index contributed by atoms with van der Waals surface area (Å²) in [5.41, 5.74) is 0.466. The van der Waals surface area contributed by atoms with Crippen LogP contribution in [0.1, 0.15) is 101 Å². The molecule has 0 unspecified atom stereocenters. The second kappa shape index (κ2) is 12.6. The molecule has 7 heteroatoms. The van der Waals surface area contributed by atoms with Gasteiger partial charge in [-0.2, -0.15) is 0 Å². The fourth-order valence-corrected chi connectivity index (χ4v) is 8.79. The van der Waals surface area contributed by atoms with Gasteiger partial charge in [0.2, 0.25) is 0 Å². The molecule has 2 aliphatic carbocycles. The van der Waals surface area contributed by atoms with Crippen molar-refractivity contribution < 1.29 is 23.4 Å². The Morgan fingerprint density at radius 3 is 2.07 bits per heavy atom. The van der Waals surface area contributed by atoms with Crippen LogP contribution in [0, 0.1) is 16.7 Å². The van der Waals surface area contributed by atoms with E-state index < -0.39 is 33.8 Å². The summed E-state index contributed by atoms with van der Waals surface area (Å²) in [7, 11) is -2.25. The predicted octanol–water partition coefficient (Wildman–Crippen LogP) is 9.25. The predicted molar refractivity (Wildman–Crippen MR) is 178 cm³/mol. The Balaban J connectivity index is 2.46. The minimum absolute atomic E-state index is 0.0231. The summed E-state index contributed by atoms with van der Waals surface area (Å²) in [6.45, 7) is 37.1. The van der Waals surface area contributed by atoms with Gasteiger partial charge in [-0.15, -0.1) is 0 Å². The largest absolute Gasteiger partial charge is 0.416 e. The highest BCUT2D eigenvalue weighted by atomic mass is 28.4. The fourth-order valence-electron chi connectivity index (χ4n) is 6.51. The van der Waals surface area contributed by atoms with E-state index in [1.54, 1.807) is 7.11 Å². The van der Waals surface area contributed by atoms with E-state index in [1.165, 1.54) is 5.57 Å². The first-order valence-electron chi connectivity index (χ1n) is 15.9. The van der Waals surface area contributed by atoms with E-state index in [-0.39, 0.29) is 34.3 Å². The molecule has 0 radical (unpaired) electrons. The molecule has 5 atom stereocenters. The molecule has 240 valence electrons. The zero-order valence-corrected chi connectivity index (χ0v) is 31.5. The van der Waals surface area contributed by atoms with Crippen molar-refractivity contribution >= 4 is 16.6 Å². The molecule has 2 aliphatic rings. The molecule has 0 spiro atoms. The molecule has 1 fully saturated rings. The Labute approximate surface area is 256 Å². The standard InChI is InChI=1S/C34H66O5Si2/c1-25-18-17-19-33(11,28(25)23-38-40(13,14)30(3,4)5)22-29(37-24-36-12)34(35)26(2)20-27(21-32(34,9)10)39-41(15,16)31(6,7)8/h20,27-29,35H,1,17-19,21-24H2,2-16H3/t27-,28+,29-,33+,34-/m1/s1. The molecule has 0 amide bonds. The fraction of sp³-hybridized carbons (Fsp3) is 0.882. The lowest BCUT2D eigenvalue weighted by atomic mass is 9.57. The molecule has 0 aromatic heterocycles. The quantitative estimate of drug-likeness (QED) is 0.144. The second-order valence-electron chi connectivity index (χ2n) is 17.2. The van der Waals surface area contributed by atoms with E-state index in [1.807, 2.05) is 0 Å². The Morgan fingerprint density at radius 2 is 1.59 bits per heavy atom. The van der Waals surface area contributed by atoms with E-state index in [9.17, 15) is 5.11 Å². The van der Waals surface area contributed by atoms with Crippen molar-refractivity contribution in [2.45, 2.75) is 155 Å². The van der Waals surface area contributed by atoms with Crippen molar-refractivity contribution in [1.29, 1.82) is 0 Å². The van der Waals surface area contributed by atoms with Crippen molar-refractivity contribution in [2.24, 2.45) is 16.7 Å². The summed E-state index contributed by atoms with van der Waals surface area (Å²) in [4.78, 5) is 0. The lowest BCUT2D eigenvalue weighted by Crippen LogP contribution is -2.61. The van der Waals surface area contributed by atoms with E-state index in [4.69, 9.17) is 18.3 Å². The Bertz CT molecular complexity index is 942. The Kier molecular flexibility index (Phi) is 11.3. The zero-order valence-electron chi connectivity index (χ0n) is 29.5. The van der Waals surface area contributed by atoms with Gasteiger partial charge in [0, 0.05) is 25.0 Å². The smallest absolute Gasteiger partial charge is 0.192 e. The van der Waals surface area contributed by atoms with Crippen LogP contribution in [0.5, 0.6) is 0 Å². The number of aliphatic hydroxyl groups is 1. The first-order valence-corrected chi connectivity index (χ1v) is 21.7.